The SMILES string of the molecule is COc1cc(C(=O)c2cc(C)c(Br)cc2C)ccc1F. The van der Waals surface area contributed by atoms with Crippen LogP contribution in [0.25, 0.3) is 0 Å². The number of aryl methyl sites for hydroxylation is 2. The van der Waals surface area contributed by atoms with E-state index < -0.39 is 5.82 Å². The first kappa shape index (κ1) is 14.7. The number of benzene rings is 2. The van der Waals surface area contributed by atoms with E-state index in [1.54, 1.807) is 0 Å². The van der Waals surface area contributed by atoms with E-state index in [4.69, 9.17) is 4.74 Å². The molecule has 0 bridgehead atoms. The molecule has 0 amide bonds. The third-order valence-corrected chi connectivity index (χ3v) is 4.02. The number of methoxy groups -OCH3 is 1. The second kappa shape index (κ2) is 5.75. The smallest absolute Gasteiger partial charge is 0.193 e. The van der Waals surface area contributed by atoms with Crippen LogP contribution in [0.3, 0.4) is 0 Å². The minimum atomic E-state index is -0.479. The van der Waals surface area contributed by atoms with E-state index in [1.807, 2.05) is 26.0 Å². The summed E-state index contributed by atoms with van der Waals surface area (Å²) in [5.74, 6) is -0.550. The Morgan fingerprint density at radius 1 is 1.15 bits per heavy atom. The number of hydrogen-bond acceptors (Lipinski definition) is 2. The number of carbonyl (C=O) groups excluding carboxylic acids is 1. The topological polar surface area (TPSA) is 26.3 Å². The fraction of sp³-hybridized carbons (Fsp3) is 0.188. The summed E-state index contributed by atoms with van der Waals surface area (Å²) in [5, 5.41) is 0. The van der Waals surface area contributed by atoms with Crippen LogP contribution in [-0.2, 0) is 0 Å². The average molecular weight is 337 g/mol. The average Bonchev–Trinajstić information content (AvgIpc) is 2.42. The molecule has 20 heavy (non-hydrogen) atoms. The third-order valence-electron chi connectivity index (χ3n) is 3.16. The van der Waals surface area contributed by atoms with Crippen molar-refractivity contribution < 1.29 is 13.9 Å². The Labute approximate surface area is 125 Å². The van der Waals surface area contributed by atoms with Crippen molar-refractivity contribution in [2.75, 3.05) is 7.11 Å². The molecule has 0 aromatic heterocycles. The molecule has 104 valence electrons. The molecule has 0 spiro atoms. The minimum absolute atomic E-state index is 0.0716. The van der Waals surface area contributed by atoms with Gasteiger partial charge in [-0.2, -0.15) is 0 Å². The molecule has 0 aliphatic rings. The number of halogens is 2. The van der Waals surface area contributed by atoms with Gasteiger partial charge in [0.25, 0.3) is 0 Å². The van der Waals surface area contributed by atoms with Gasteiger partial charge in [0.1, 0.15) is 0 Å². The Kier molecular flexibility index (Phi) is 4.23. The van der Waals surface area contributed by atoms with Gasteiger partial charge in [0.05, 0.1) is 7.11 Å². The Morgan fingerprint density at radius 2 is 1.85 bits per heavy atom. The van der Waals surface area contributed by atoms with Gasteiger partial charge in [0.15, 0.2) is 17.3 Å². The lowest BCUT2D eigenvalue weighted by molar-refractivity contribution is 0.103. The molecule has 0 aliphatic carbocycles. The summed E-state index contributed by atoms with van der Waals surface area (Å²) in [6.45, 7) is 3.80. The molecule has 2 rings (SSSR count). The van der Waals surface area contributed by atoms with E-state index in [0.717, 1.165) is 15.6 Å². The van der Waals surface area contributed by atoms with Gasteiger partial charge in [-0.1, -0.05) is 15.9 Å². The van der Waals surface area contributed by atoms with Crippen molar-refractivity contribution in [2.24, 2.45) is 0 Å². The summed E-state index contributed by atoms with van der Waals surface area (Å²) >= 11 is 3.44. The number of ketones is 1. The molecule has 0 unspecified atom stereocenters. The number of ether oxygens (including phenoxy) is 1. The fourth-order valence-electron chi connectivity index (χ4n) is 1.98. The molecule has 2 nitrogen and oxygen atoms in total. The summed E-state index contributed by atoms with van der Waals surface area (Å²) in [4.78, 5) is 12.5. The molecule has 0 heterocycles. The van der Waals surface area contributed by atoms with Crippen molar-refractivity contribution in [2.45, 2.75) is 13.8 Å². The van der Waals surface area contributed by atoms with Gasteiger partial charge in [-0.05, 0) is 55.3 Å². The van der Waals surface area contributed by atoms with E-state index in [1.165, 1.54) is 25.3 Å². The lowest BCUT2D eigenvalue weighted by Gasteiger charge is -2.09. The normalized spacial score (nSPS) is 10.4. The van der Waals surface area contributed by atoms with Gasteiger partial charge >= 0.3 is 0 Å². The van der Waals surface area contributed by atoms with Crippen LogP contribution in [0, 0.1) is 19.7 Å². The van der Waals surface area contributed by atoms with Crippen molar-refractivity contribution in [3.63, 3.8) is 0 Å². The van der Waals surface area contributed by atoms with Crippen molar-refractivity contribution >= 4 is 21.7 Å². The molecule has 0 fully saturated rings. The molecule has 0 N–H and O–H groups in total. The summed E-state index contributed by atoms with van der Waals surface area (Å²) in [7, 11) is 1.38. The van der Waals surface area contributed by atoms with Gasteiger partial charge in [0, 0.05) is 15.6 Å². The van der Waals surface area contributed by atoms with Gasteiger partial charge < -0.3 is 4.74 Å². The first-order valence-corrected chi connectivity index (χ1v) is 6.88. The molecular formula is C16H14BrFO2. The molecule has 0 aliphatic heterocycles. The Hall–Kier alpha value is -1.68. The van der Waals surface area contributed by atoms with Gasteiger partial charge in [-0.15, -0.1) is 0 Å². The van der Waals surface area contributed by atoms with Crippen LogP contribution in [0.15, 0.2) is 34.8 Å². The Morgan fingerprint density at radius 3 is 2.50 bits per heavy atom. The van der Waals surface area contributed by atoms with Crippen LogP contribution in [0.1, 0.15) is 27.0 Å². The second-order valence-electron chi connectivity index (χ2n) is 4.59. The zero-order valence-corrected chi connectivity index (χ0v) is 13.0. The van der Waals surface area contributed by atoms with Crippen molar-refractivity contribution in [1.29, 1.82) is 0 Å². The molecule has 2 aromatic rings. The number of carbonyl (C=O) groups is 1. The molecule has 0 atom stereocenters. The molecular weight excluding hydrogens is 323 g/mol. The van der Waals surface area contributed by atoms with Crippen LogP contribution in [0.5, 0.6) is 5.75 Å². The summed E-state index contributed by atoms with van der Waals surface area (Å²) in [6.07, 6.45) is 0. The standard InChI is InChI=1S/C16H14BrFO2/c1-9-7-13(17)10(2)6-12(9)16(19)11-4-5-14(18)15(8-11)20-3/h4-8H,1-3H3. The van der Waals surface area contributed by atoms with E-state index in [0.29, 0.717) is 11.1 Å². The maximum Gasteiger partial charge on any atom is 0.193 e. The highest BCUT2D eigenvalue weighted by Crippen LogP contribution is 2.25. The zero-order valence-electron chi connectivity index (χ0n) is 11.5. The largest absolute Gasteiger partial charge is 0.494 e. The van der Waals surface area contributed by atoms with Gasteiger partial charge in [0.2, 0.25) is 0 Å². The summed E-state index contributed by atoms with van der Waals surface area (Å²) in [5.41, 5.74) is 2.87. The van der Waals surface area contributed by atoms with Crippen LogP contribution < -0.4 is 4.74 Å². The first-order chi connectivity index (χ1) is 9.43. The summed E-state index contributed by atoms with van der Waals surface area (Å²) in [6, 6.07) is 7.87. The lowest BCUT2D eigenvalue weighted by atomic mass is 9.97. The highest BCUT2D eigenvalue weighted by Gasteiger charge is 2.15. The third kappa shape index (κ3) is 2.75. The van der Waals surface area contributed by atoms with Crippen molar-refractivity contribution in [3.05, 3.63) is 62.9 Å². The minimum Gasteiger partial charge on any atom is -0.494 e. The maximum atomic E-state index is 13.4. The number of hydrogen-bond donors (Lipinski definition) is 0. The lowest BCUT2D eigenvalue weighted by Crippen LogP contribution is -2.05. The van der Waals surface area contributed by atoms with Gasteiger partial charge in [-0.25, -0.2) is 4.39 Å². The Balaban J connectivity index is 2.49. The molecule has 4 heteroatoms. The first-order valence-electron chi connectivity index (χ1n) is 6.09. The highest BCUT2D eigenvalue weighted by atomic mass is 79.9. The van der Waals surface area contributed by atoms with Crippen LogP contribution in [0.2, 0.25) is 0 Å². The number of rotatable bonds is 3. The monoisotopic (exact) mass is 336 g/mol. The molecule has 0 saturated carbocycles. The summed E-state index contributed by atoms with van der Waals surface area (Å²) < 4.78 is 19.3. The van der Waals surface area contributed by atoms with E-state index in [2.05, 4.69) is 15.9 Å². The molecule has 0 radical (unpaired) electrons. The van der Waals surface area contributed by atoms with Crippen LogP contribution in [-0.4, -0.2) is 12.9 Å². The fourth-order valence-corrected chi connectivity index (χ4v) is 2.44. The van der Waals surface area contributed by atoms with Crippen molar-refractivity contribution in [1.82, 2.24) is 0 Å². The maximum absolute atomic E-state index is 13.4. The predicted molar refractivity (Wildman–Crippen MR) is 80.0 cm³/mol. The zero-order chi connectivity index (χ0) is 14.9. The van der Waals surface area contributed by atoms with Crippen molar-refractivity contribution in [3.8, 4) is 5.75 Å². The quantitative estimate of drug-likeness (QED) is 0.774. The van der Waals surface area contributed by atoms with Crippen LogP contribution >= 0.6 is 15.9 Å². The van der Waals surface area contributed by atoms with Gasteiger partial charge in [-0.3, -0.25) is 4.79 Å². The predicted octanol–water partition coefficient (Wildman–Crippen LogP) is 4.44. The molecule has 2 aromatic carbocycles. The van der Waals surface area contributed by atoms with E-state index >= 15 is 0 Å². The van der Waals surface area contributed by atoms with E-state index in [-0.39, 0.29) is 11.5 Å². The van der Waals surface area contributed by atoms with Crippen LogP contribution in [0.4, 0.5) is 4.39 Å². The second-order valence-corrected chi connectivity index (χ2v) is 5.45. The molecule has 0 saturated heterocycles. The highest BCUT2D eigenvalue weighted by molar-refractivity contribution is 9.10. The Bertz CT molecular complexity index is 680. The van der Waals surface area contributed by atoms with E-state index in [9.17, 15) is 9.18 Å².